The molecule has 9 rings (SSSR count). The molecule has 6 atom stereocenters. The van der Waals surface area contributed by atoms with Crippen LogP contribution in [0.5, 0.6) is 5.75 Å². The third-order valence-corrected chi connectivity index (χ3v) is 12.5. The van der Waals surface area contributed by atoms with Crippen molar-refractivity contribution >= 4 is 52.3 Å². The molecule has 12 heteroatoms. The van der Waals surface area contributed by atoms with Crippen LogP contribution in [0.2, 0.25) is 5.02 Å². The molecule has 2 aliphatic carbocycles. The van der Waals surface area contributed by atoms with E-state index < -0.39 is 52.6 Å². The summed E-state index contributed by atoms with van der Waals surface area (Å²) in [6, 6.07) is 24.9. The average molecular weight is 761 g/mol. The van der Waals surface area contributed by atoms with Crippen LogP contribution in [0.3, 0.4) is 0 Å². The van der Waals surface area contributed by atoms with E-state index >= 15 is 4.79 Å². The molecule has 5 aliphatic rings. The Bertz CT molecular complexity index is 2260. The van der Waals surface area contributed by atoms with Gasteiger partial charge < -0.3 is 14.7 Å². The molecule has 2 N–H and O–H groups in total. The number of phenols is 1. The number of hydrogen-bond donors (Lipinski definition) is 2. The molecule has 3 heterocycles. The Kier molecular flexibility index (Phi) is 8.54. The van der Waals surface area contributed by atoms with E-state index in [4.69, 9.17) is 16.3 Å². The van der Waals surface area contributed by atoms with Gasteiger partial charge in [-0.15, -0.1) is 0 Å². The van der Waals surface area contributed by atoms with Crippen LogP contribution in [0.25, 0.3) is 0 Å². The molecule has 0 bridgehead atoms. The number of amides is 4. The van der Waals surface area contributed by atoms with Crippen LogP contribution in [0.1, 0.15) is 35.4 Å². The number of morpholine rings is 1. The van der Waals surface area contributed by atoms with E-state index in [0.717, 1.165) is 29.4 Å². The number of rotatable bonds is 6. The van der Waals surface area contributed by atoms with Crippen LogP contribution < -0.4 is 15.2 Å². The fourth-order valence-corrected chi connectivity index (χ4v) is 9.90. The van der Waals surface area contributed by atoms with Crippen molar-refractivity contribution in [2.75, 3.05) is 41.5 Å². The Labute approximate surface area is 322 Å². The zero-order valence-electron chi connectivity index (χ0n) is 30.0. The van der Waals surface area contributed by atoms with E-state index in [9.17, 15) is 23.9 Å². The number of fused-ring (bicyclic) bond motifs is 4. The number of aromatic hydroxyl groups is 1. The number of anilines is 3. The summed E-state index contributed by atoms with van der Waals surface area (Å²) >= 11 is 6.38. The zero-order chi connectivity index (χ0) is 38.2. The number of hydrazine groups is 1. The number of phenolic OH excluding ortho intramolecular Hbond substituents is 1. The predicted octanol–water partition coefficient (Wildman–Crippen LogP) is 6.52. The highest BCUT2D eigenvalue weighted by Crippen LogP contribution is 2.64. The van der Waals surface area contributed by atoms with E-state index in [-0.39, 0.29) is 30.4 Å². The van der Waals surface area contributed by atoms with E-state index in [1.165, 1.54) is 29.2 Å². The molecule has 4 amide bonds. The van der Waals surface area contributed by atoms with Gasteiger partial charge in [0.2, 0.25) is 11.8 Å². The van der Waals surface area contributed by atoms with Crippen molar-refractivity contribution in [3.05, 3.63) is 130 Å². The molecule has 4 aromatic carbocycles. The van der Waals surface area contributed by atoms with Gasteiger partial charge in [0.15, 0.2) is 0 Å². The van der Waals surface area contributed by atoms with Gasteiger partial charge in [-0.1, -0.05) is 47.5 Å². The van der Waals surface area contributed by atoms with Crippen LogP contribution >= 0.6 is 11.6 Å². The molecule has 6 unspecified atom stereocenters. The minimum atomic E-state index is -1.51. The highest BCUT2D eigenvalue weighted by atomic mass is 35.5. The van der Waals surface area contributed by atoms with Crippen LogP contribution in [-0.4, -0.2) is 60.0 Å². The summed E-state index contributed by atoms with van der Waals surface area (Å²) in [6.07, 6.45) is 2.40. The Balaban J connectivity index is 1.16. The van der Waals surface area contributed by atoms with Crippen LogP contribution in [0, 0.1) is 36.4 Å². The number of aryl methyl sites for hydroxylation is 1. The fourth-order valence-electron chi connectivity index (χ4n) is 9.78. The molecule has 55 heavy (non-hydrogen) atoms. The number of benzene rings is 4. The lowest BCUT2D eigenvalue weighted by Crippen LogP contribution is -2.53. The van der Waals surface area contributed by atoms with E-state index in [1.54, 1.807) is 55.5 Å². The lowest BCUT2D eigenvalue weighted by molar-refractivity contribution is -0.138. The van der Waals surface area contributed by atoms with Gasteiger partial charge in [-0.2, -0.15) is 5.01 Å². The van der Waals surface area contributed by atoms with Crippen LogP contribution in [0.15, 0.2) is 103 Å². The maximum Gasteiger partial charge on any atom is 0.260 e. The largest absolute Gasteiger partial charge is 0.508 e. The first-order valence-electron chi connectivity index (χ1n) is 18.5. The Morgan fingerprint density at radius 1 is 0.836 bits per heavy atom. The predicted molar refractivity (Wildman–Crippen MR) is 204 cm³/mol. The summed E-state index contributed by atoms with van der Waals surface area (Å²) in [6.45, 7) is 4.52. The number of imide groups is 2. The maximum absolute atomic E-state index is 15.3. The van der Waals surface area contributed by atoms with Gasteiger partial charge in [0.05, 0.1) is 47.8 Å². The second-order valence-corrected chi connectivity index (χ2v) is 15.5. The Hall–Kier alpha value is -5.52. The molecule has 0 radical (unpaired) electrons. The number of hydrogen-bond acceptors (Lipinski definition) is 8. The van der Waals surface area contributed by atoms with Crippen LogP contribution in [0.4, 0.5) is 21.5 Å². The summed E-state index contributed by atoms with van der Waals surface area (Å²) in [5.74, 6) is -5.73. The Morgan fingerprint density at radius 2 is 1.53 bits per heavy atom. The number of nitrogens with one attached hydrogen (secondary N) is 1. The van der Waals surface area contributed by atoms with Crippen molar-refractivity contribution in [3.8, 4) is 5.75 Å². The van der Waals surface area contributed by atoms with E-state index in [2.05, 4.69) is 10.3 Å². The van der Waals surface area contributed by atoms with Crippen molar-refractivity contribution < 1.29 is 33.4 Å². The first-order valence-corrected chi connectivity index (χ1v) is 18.9. The summed E-state index contributed by atoms with van der Waals surface area (Å²) in [5, 5.41) is 12.1. The van der Waals surface area contributed by atoms with Gasteiger partial charge >= 0.3 is 0 Å². The lowest BCUT2D eigenvalue weighted by atomic mass is 9.49. The minimum absolute atomic E-state index is 0.0752. The van der Waals surface area contributed by atoms with Crippen molar-refractivity contribution in [1.29, 1.82) is 0 Å². The second kappa shape index (κ2) is 13.3. The van der Waals surface area contributed by atoms with Crippen molar-refractivity contribution in [2.45, 2.75) is 31.1 Å². The molecule has 10 nitrogen and oxygen atoms in total. The molecule has 1 saturated carbocycles. The molecule has 4 fully saturated rings. The second-order valence-electron chi connectivity index (χ2n) is 15.0. The first-order chi connectivity index (χ1) is 26.6. The highest BCUT2D eigenvalue weighted by molar-refractivity contribution is 6.30. The summed E-state index contributed by atoms with van der Waals surface area (Å²) in [5.41, 5.74) is 5.89. The van der Waals surface area contributed by atoms with Gasteiger partial charge in [0.25, 0.3) is 11.8 Å². The number of halogens is 2. The van der Waals surface area contributed by atoms with Gasteiger partial charge in [-0.25, -0.2) is 4.39 Å². The molecular weight excluding hydrogens is 723 g/mol. The van der Waals surface area contributed by atoms with Crippen molar-refractivity contribution in [2.24, 2.45) is 23.7 Å². The van der Waals surface area contributed by atoms with Gasteiger partial charge in [-0.3, -0.25) is 29.5 Å². The SMILES string of the molecule is Cc1cc(C2C3=CCC4C(=O)N(c5ccc(N6CCOCC6)cc5)C(=O)C4C3CC3C(=O)N(Nc4ccc(F)cc4)C(=O)C32c2ccc(Cl)cc2)ccc1O. The smallest absolute Gasteiger partial charge is 0.260 e. The molecule has 4 aromatic rings. The van der Waals surface area contributed by atoms with E-state index in [1.807, 2.05) is 24.3 Å². The number of ether oxygens (including phenoxy) is 1. The quantitative estimate of drug-likeness (QED) is 0.169. The standard InChI is InChI=1S/C43H38ClFN4O6/c1-24-22-25(2-17-36(24)50)38-32-15-16-33-37(41(53)48(39(33)51)31-13-11-30(12-14-31)47-18-20-55-21-19-47)34(32)23-35-40(52)49(46-29-9-7-28(45)8-10-29)42(54)43(35,38)26-3-5-27(44)6-4-26/h2-15,17,22,33-35,37-38,46,50H,16,18-21,23H2,1H3. The molecule has 0 spiro atoms. The van der Waals surface area contributed by atoms with Crippen molar-refractivity contribution in [3.63, 3.8) is 0 Å². The molecule has 3 saturated heterocycles. The van der Waals surface area contributed by atoms with Crippen molar-refractivity contribution in [1.82, 2.24) is 5.01 Å². The number of nitrogens with zero attached hydrogens (tertiary/aromatic N) is 3. The Morgan fingerprint density at radius 3 is 2.22 bits per heavy atom. The van der Waals surface area contributed by atoms with Gasteiger partial charge in [0, 0.05) is 29.7 Å². The average Bonchev–Trinajstić information content (AvgIpc) is 3.58. The minimum Gasteiger partial charge on any atom is -0.508 e. The molecular formula is C43H38ClFN4O6. The number of carbonyl (C=O) groups excluding carboxylic acids is 4. The molecule has 280 valence electrons. The zero-order valence-corrected chi connectivity index (χ0v) is 30.7. The maximum atomic E-state index is 15.3. The number of carbonyl (C=O) groups is 4. The first kappa shape index (κ1) is 35.2. The monoisotopic (exact) mass is 760 g/mol. The fraction of sp³-hybridized carbons (Fsp3) is 0.302. The van der Waals surface area contributed by atoms with E-state index in [0.29, 0.717) is 46.3 Å². The lowest BCUT2D eigenvalue weighted by Gasteiger charge is -2.50. The summed E-state index contributed by atoms with van der Waals surface area (Å²) < 4.78 is 19.4. The third kappa shape index (κ3) is 5.46. The summed E-state index contributed by atoms with van der Waals surface area (Å²) in [4.78, 5) is 62.5. The number of allylic oxidation sites excluding steroid dienone is 2. The topological polar surface area (TPSA) is 119 Å². The van der Waals surface area contributed by atoms with Crippen LogP contribution in [-0.2, 0) is 29.3 Å². The normalized spacial score (nSPS) is 27.5. The third-order valence-electron chi connectivity index (χ3n) is 12.3. The molecule has 0 aromatic heterocycles. The highest BCUT2D eigenvalue weighted by Gasteiger charge is 2.70. The summed E-state index contributed by atoms with van der Waals surface area (Å²) in [7, 11) is 0. The molecule has 3 aliphatic heterocycles. The van der Waals surface area contributed by atoms with Gasteiger partial charge in [-0.05, 0) is 109 Å². The van der Waals surface area contributed by atoms with Gasteiger partial charge in [0.1, 0.15) is 11.6 Å².